The molecule has 0 aliphatic rings. The van der Waals surface area contributed by atoms with E-state index >= 15 is 0 Å². The summed E-state index contributed by atoms with van der Waals surface area (Å²) in [7, 11) is 7.76. The van der Waals surface area contributed by atoms with Gasteiger partial charge in [-0.3, -0.25) is 9.59 Å². The number of anilines is 5. The summed E-state index contributed by atoms with van der Waals surface area (Å²) in [5, 5.41) is 0. The van der Waals surface area contributed by atoms with Crippen molar-refractivity contribution >= 4 is 40.4 Å². The Morgan fingerprint density at radius 3 is 1.17 bits per heavy atom. The van der Waals surface area contributed by atoms with Crippen LogP contribution in [-0.2, 0) is 9.59 Å². The van der Waals surface area contributed by atoms with E-state index in [4.69, 9.17) is 9.47 Å². The van der Waals surface area contributed by atoms with Crippen molar-refractivity contribution in [1.82, 2.24) is 0 Å². The van der Waals surface area contributed by atoms with Gasteiger partial charge in [0.2, 0.25) is 0 Å². The van der Waals surface area contributed by atoms with Gasteiger partial charge in [-0.15, -0.1) is 0 Å². The predicted octanol–water partition coefficient (Wildman–Crippen LogP) is 8.94. The molecule has 246 valence electrons. The van der Waals surface area contributed by atoms with Gasteiger partial charge in [-0.2, -0.15) is 0 Å². The molecule has 5 aromatic rings. The van der Waals surface area contributed by atoms with E-state index < -0.39 is 17.9 Å². The molecule has 0 aliphatic carbocycles. The highest BCUT2D eigenvalue weighted by Crippen LogP contribution is 2.44. The maximum absolute atomic E-state index is 12.4. The number of carbonyl (C=O) groups excluding carboxylic acids is 2. The predicted molar refractivity (Wildman–Crippen MR) is 196 cm³/mol. The third kappa shape index (κ3) is 7.69. The third-order valence-electron chi connectivity index (χ3n) is 8.23. The average Bonchev–Trinajstić information content (AvgIpc) is 3.04. The van der Waals surface area contributed by atoms with Gasteiger partial charge in [0, 0.05) is 99.7 Å². The van der Waals surface area contributed by atoms with Gasteiger partial charge in [-0.05, 0) is 67.9 Å². The summed E-state index contributed by atoms with van der Waals surface area (Å²) in [5.74, 6) is -0.404. The fraction of sp³-hybridized carbons (Fsp3) is 0.220. The second kappa shape index (κ2) is 14.5. The number of carbonyl (C=O) groups is 2. The molecule has 48 heavy (non-hydrogen) atoms. The number of rotatable bonds is 10. The first-order valence-electron chi connectivity index (χ1n) is 15.9. The van der Waals surface area contributed by atoms with Crippen molar-refractivity contribution in [2.24, 2.45) is 0 Å². The summed E-state index contributed by atoms with van der Waals surface area (Å²) in [6.07, 6.45) is 0. The number of nitrogens with zero attached hydrogens (tertiary/aromatic N) is 3. The molecule has 0 amide bonds. The van der Waals surface area contributed by atoms with Crippen LogP contribution in [0.4, 0.5) is 28.4 Å². The molecule has 0 bridgehead atoms. The van der Waals surface area contributed by atoms with Crippen LogP contribution in [0.1, 0.15) is 47.6 Å². The minimum Gasteiger partial charge on any atom is -0.426 e. The first-order chi connectivity index (χ1) is 22.9. The highest BCUT2D eigenvalue weighted by atomic mass is 16.5. The van der Waals surface area contributed by atoms with Crippen molar-refractivity contribution in [2.75, 3.05) is 42.9 Å². The van der Waals surface area contributed by atoms with Crippen LogP contribution < -0.4 is 24.2 Å². The molecule has 7 nitrogen and oxygen atoms in total. The van der Waals surface area contributed by atoms with Crippen molar-refractivity contribution in [3.8, 4) is 11.5 Å². The Kier molecular flexibility index (Phi) is 10.2. The van der Waals surface area contributed by atoms with Crippen LogP contribution in [0.25, 0.3) is 0 Å². The molecule has 7 heteroatoms. The van der Waals surface area contributed by atoms with Gasteiger partial charge < -0.3 is 24.2 Å². The maximum Gasteiger partial charge on any atom is 0.308 e. The van der Waals surface area contributed by atoms with E-state index in [-0.39, 0.29) is 0 Å². The van der Waals surface area contributed by atoms with Crippen LogP contribution in [-0.4, -0.2) is 40.1 Å². The summed E-state index contributed by atoms with van der Waals surface area (Å²) < 4.78 is 11.7. The first-order valence-corrected chi connectivity index (χ1v) is 15.9. The highest BCUT2D eigenvalue weighted by molar-refractivity contribution is 5.78. The van der Waals surface area contributed by atoms with Crippen molar-refractivity contribution in [2.45, 2.75) is 33.6 Å². The largest absolute Gasteiger partial charge is 0.426 e. The molecular weight excluding hydrogens is 598 g/mol. The van der Waals surface area contributed by atoms with Crippen molar-refractivity contribution in [1.29, 1.82) is 0 Å². The third-order valence-corrected chi connectivity index (χ3v) is 8.23. The Morgan fingerprint density at radius 2 is 0.833 bits per heavy atom. The Labute approximate surface area is 284 Å². The minimum absolute atomic E-state index is 0.420. The van der Waals surface area contributed by atoms with Gasteiger partial charge in [0.1, 0.15) is 11.5 Å². The van der Waals surface area contributed by atoms with E-state index in [1.807, 2.05) is 74.4 Å². The number of hydrogen-bond acceptors (Lipinski definition) is 7. The van der Waals surface area contributed by atoms with Gasteiger partial charge in [-0.25, -0.2) is 0 Å². The first kappa shape index (κ1) is 33.8. The lowest BCUT2D eigenvalue weighted by molar-refractivity contribution is -0.132. The van der Waals surface area contributed by atoms with E-state index in [9.17, 15) is 9.59 Å². The smallest absolute Gasteiger partial charge is 0.308 e. The quantitative estimate of drug-likeness (QED) is 0.0857. The second-order valence-electron chi connectivity index (χ2n) is 12.5. The molecule has 5 rings (SSSR count). The van der Waals surface area contributed by atoms with Crippen LogP contribution in [0.5, 0.6) is 11.5 Å². The number of esters is 2. The summed E-state index contributed by atoms with van der Waals surface area (Å²) in [6, 6.07) is 37.0. The van der Waals surface area contributed by atoms with Crippen LogP contribution in [0.3, 0.4) is 0 Å². The molecular formula is C41H43N3O4. The molecule has 0 radical (unpaired) electrons. The molecule has 0 atom stereocenters. The van der Waals surface area contributed by atoms with Gasteiger partial charge in [0.25, 0.3) is 0 Å². The Bertz CT molecular complexity index is 1780. The highest BCUT2D eigenvalue weighted by Gasteiger charge is 2.27. The standard InChI is InChI=1S/C41H43N3O4/c1-27-9-15-32(16-10-27)44(33-17-11-28(2)12-18-33)34-19-13-31(14-20-34)41(37-23-21-35(42(5)6)25-39(37)47-29(3)45)38-24-22-36(43(7)8)26-40(38)48-30(4)46/h9-26,41H,1-8H3. The lowest BCUT2D eigenvalue weighted by atomic mass is 9.83. The second-order valence-corrected chi connectivity index (χ2v) is 12.5. The molecule has 0 aliphatic heterocycles. The molecule has 0 saturated heterocycles. The summed E-state index contributed by atoms with van der Waals surface area (Å²) >= 11 is 0. The topological polar surface area (TPSA) is 62.3 Å². The zero-order valence-electron chi connectivity index (χ0n) is 28.9. The number of ether oxygens (including phenoxy) is 2. The van der Waals surface area contributed by atoms with Crippen molar-refractivity contribution in [3.63, 3.8) is 0 Å². The van der Waals surface area contributed by atoms with E-state index in [0.29, 0.717) is 11.5 Å². The average molecular weight is 642 g/mol. The molecule has 0 N–H and O–H groups in total. The number of hydrogen-bond donors (Lipinski definition) is 0. The zero-order valence-corrected chi connectivity index (χ0v) is 28.9. The Hall–Kier alpha value is -5.56. The zero-order chi connectivity index (χ0) is 34.5. The van der Waals surface area contributed by atoms with Crippen LogP contribution in [0.2, 0.25) is 0 Å². The van der Waals surface area contributed by atoms with E-state index in [1.54, 1.807) is 0 Å². The molecule has 0 saturated carbocycles. The summed E-state index contributed by atoms with van der Waals surface area (Å²) in [6.45, 7) is 6.96. The fourth-order valence-electron chi connectivity index (χ4n) is 5.74. The van der Waals surface area contributed by atoms with Gasteiger partial charge >= 0.3 is 11.9 Å². The summed E-state index contributed by atoms with van der Waals surface area (Å²) in [4.78, 5) is 30.9. The molecule has 5 aromatic carbocycles. The minimum atomic E-state index is -0.442. The van der Waals surface area contributed by atoms with Crippen LogP contribution >= 0.6 is 0 Å². The van der Waals surface area contributed by atoms with E-state index in [1.165, 1.54) is 25.0 Å². The molecule has 0 spiro atoms. The van der Waals surface area contributed by atoms with Crippen molar-refractivity contribution < 1.29 is 19.1 Å². The van der Waals surface area contributed by atoms with Gasteiger partial charge in [0.15, 0.2) is 0 Å². The van der Waals surface area contributed by atoms with Gasteiger partial charge in [-0.1, -0.05) is 59.7 Å². The van der Waals surface area contributed by atoms with Crippen LogP contribution in [0, 0.1) is 13.8 Å². The lowest BCUT2D eigenvalue weighted by Gasteiger charge is -2.28. The fourth-order valence-corrected chi connectivity index (χ4v) is 5.74. The Morgan fingerprint density at radius 1 is 0.500 bits per heavy atom. The molecule has 0 unspecified atom stereocenters. The number of aryl methyl sites for hydroxylation is 2. The lowest BCUT2D eigenvalue weighted by Crippen LogP contribution is -2.15. The normalized spacial score (nSPS) is 10.9. The monoisotopic (exact) mass is 641 g/mol. The molecule has 0 fully saturated rings. The maximum atomic E-state index is 12.4. The Balaban J connectivity index is 1.71. The van der Waals surface area contributed by atoms with E-state index in [2.05, 4.69) is 91.5 Å². The van der Waals surface area contributed by atoms with Crippen LogP contribution in [0.15, 0.2) is 109 Å². The number of benzene rings is 5. The summed E-state index contributed by atoms with van der Waals surface area (Å²) in [5.41, 5.74) is 9.69. The van der Waals surface area contributed by atoms with Gasteiger partial charge in [0.05, 0.1) is 0 Å². The van der Waals surface area contributed by atoms with E-state index in [0.717, 1.165) is 45.1 Å². The SMILES string of the molecule is CC(=O)Oc1cc(N(C)C)ccc1C(c1ccc(N(c2ccc(C)cc2)c2ccc(C)cc2)cc1)c1ccc(N(C)C)cc1OC(C)=O. The van der Waals surface area contributed by atoms with Crippen molar-refractivity contribution in [3.05, 3.63) is 137 Å². The molecule has 0 heterocycles. The molecule has 0 aromatic heterocycles.